The van der Waals surface area contributed by atoms with E-state index in [9.17, 15) is 9.59 Å². The highest BCUT2D eigenvalue weighted by atomic mass is 16.5. The summed E-state index contributed by atoms with van der Waals surface area (Å²) in [5.74, 6) is -1.63. The fraction of sp³-hybridized carbons (Fsp3) is 0.429. The van der Waals surface area contributed by atoms with Crippen molar-refractivity contribution >= 4 is 11.9 Å². The molecule has 0 spiro atoms. The number of aliphatic hydroxyl groups is 2. The quantitative estimate of drug-likeness (QED) is 0.616. The maximum atomic E-state index is 11.9. The predicted molar refractivity (Wildman–Crippen MR) is 70.6 cm³/mol. The monoisotopic (exact) mass is 282 g/mol. The van der Waals surface area contributed by atoms with Gasteiger partial charge in [0.2, 0.25) is 0 Å². The third-order valence-corrected chi connectivity index (χ3v) is 2.78. The minimum Gasteiger partial charge on any atom is -0.478 e. The van der Waals surface area contributed by atoms with Crippen LogP contribution in [-0.4, -0.2) is 46.6 Å². The van der Waals surface area contributed by atoms with Crippen LogP contribution in [0.4, 0.5) is 0 Å². The van der Waals surface area contributed by atoms with Gasteiger partial charge in [0, 0.05) is 19.6 Å². The Kier molecular flexibility index (Phi) is 6.69. The summed E-state index contributed by atoms with van der Waals surface area (Å²) in [5, 5.41) is 26.4. The molecule has 0 fully saturated rings. The number of carboxylic acid groups (broad SMARTS) is 1. The first-order valence-electron chi connectivity index (χ1n) is 6.34. The lowest BCUT2D eigenvalue weighted by molar-refractivity contribution is 0.0203. The first-order chi connectivity index (χ1) is 9.58. The number of hydrogen-bond acceptors (Lipinski definition) is 5. The normalized spacial score (nSPS) is 11.9. The van der Waals surface area contributed by atoms with Crippen molar-refractivity contribution in [2.75, 3.05) is 13.2 Å². The Morgan fingerprint density at radius 1 is 1.00 bits per heavy atom. The SMILES string of the molecule is O=C(O)c1ccc(C(=O)OC(CCO)CCCO)cc1. The largest absolute Gasteiger partial charge is 0.478 e. The molecule has 110 valence electrons. The van der Waals surface area contributed by atoms with Crippen LogP contribution in [-0.2, 0) is 4.74 Å². The van der Waals surface area contributed by atoms with E-state index < -0.39 is 18.0 Å². The maximum Gasteiger partial charge on any atom is 0.338 e. The Bertz CT molecular complexity index is 439. The Hall–Kier alpha value is -1.92. The molecule has 0 heterocycles. The van der Waals surface area contributed by atoms with Gasteiger partial charge in [0.15, 0.2) is 0 Å². The van der Waals surface area contributed by atoms with E-state index in [0.29, 0.717) is 19.3 Å². The minimum absolute atomic E-state index is 0.00716. The second-order valence-corrected chi connectivity index (χ2v) is 4.29. The van der Waals surface area contributed by atoms with Crippen LogP contribution in [0.2, 0.25) is 0 Å². The van der Waals surface area contributed by atoms with Gasteiger partial charge in [0.1, 0.15) is 6.10 Å². The van der Waals surface area contributed by atoms with Gasteiger partial charge >= 0.3 is 11.9 Å². The van der Waals surface area contributed by atoms with Gasteiger partial charge in [-0.1, -0.05) is 0 Å². The molecule has 0 amide bonds. The highest BCUT2D eigenvalue weighted by Crippen LogP contribution is 2.12. The van der Waals surface area contributed by atoms with Crippen molar-refractivity contribution in [2.45, 2.75) is 25.4 Å². The van der Waals surface area contributed by atoms with E-state index >= 15 is 0 Å². The fourth-order valence-corrected chi connectivity index (χ4v) is 1.69. The van der Waals surface area contributed by atoms with E-state index in [0.717, 1.165) is 0 Å². The standard InChI is InChI=1S/C14H18O6/c15-8-1-2-12(7-9-16)20-14(19)11-5-3-10(4-6-11)13(17)18/h3-6,12,15-16H,1-2,7-9H2,(H,17,18). The van der Waals surface area contributed by atoms with Gasteiger partial charge in [-0.15, -0.1) is 0 Å². The van der Waals surface area contributed by atoms with Gasteiger partial charge in [-0.05, 0) is 37.1 Å². The number of rotatable bonds is 8. The second-order valence-electron chi connectivity index (χ2n) is 4.29. The molecule has 0 bridgehead atoms. The van der Waals surface area contributed by atoms with Crippen molar-refractivity contribution in [3.05, 3.63) is 35.4 Å². The summed E-state index contributed by atoms with van der Waals surface area (Å²) in [5.41, 5.74) is 0.343. The molecular formula is C14H18O6. The predicted octanol–water partition coefficient (Wildman–Crippen LogP) is 1.07. The molecule has 1 unspecified atom stereocenters. The fourth-order valence-electron chi connectivity index (χ4n) is 1.69. The lowest BCUT2D eigenvalue weighted by Gasteiger charge is -2.16. The van der Waals surface area contributed by atoms with Crippen LogP contribution in [0.15, 0.2) is 24.3 Å². The van der Waals surface area contributed by atoms with Gasteiger partial charge < -0.3 is 20.1 Å². The van der Waals surface area contributed by atoms with Gasteiger partial charge in [0.25, 0.3) is 0 Å². The van der Waals surface area contributed by atoms with Crippen molar-refractivity contribution in [3.8, 4) is 0 Å². The Balaban J connectivity index is 2.65. The first kappa shape index (κ1) is 16.1. The van der Waals surface area contributed by atoms with E-state index in [1.165, 1.54) is 24.3 Å². The van der Waals surface area contributed by atoms with Crippen molar-refractivity contribution in [1.29, 1.82) is 0 Å². The highest BCUT2D eigenvalue weighted by Gasteiger charge is 2.16. The zero-order chi connectivity index (χ0) is 15.0. The van der Waals surface area contributed by atoms with Crippen LogP contribution in [0, 0.1) is 0 Å². The Labute approximate surface area is 116 Å². The second kappa shape index (κ2) is 8.29. The molecule has 6 nitrogen and oxygen atoms in total. The molecule has 0 aliphatic heterocycles. The summed E-state index contributed by atoms with van der Waals surface area (Å²) in [6.45, 7) is -0.117. The molecule has 1 aromatic carbocycles. The molecule has 0 aromatic heterocycles. The van der Waals surface area contributed by atoms with E-state index in [2.05, 4.69) is 0 Å². The number of esters is 1. The van der Waals surface area contributed by atoms with Crippen LogP contribution < -0.4 is 0 Å². The van der Waals surface area contributed by atoms with Gasteiger partial charge in [0.05, 0.1) is 11.1 Å². The average molecular weight is 282 g/mol. The summed E-state index contributed by atoms with van der Waals surface area (Å²) >= 11 is 0. The van der Waals surface area contributed by atoms with Crippen molar-refractivity contribution in [3.63, 3.8) is 0 Å². The molecule has 6 heteroatoms. The highest BCUT2D eigenvalue weighted by molar-refractivity contribution is 5.92. The molecule has 0 aliphatic rings. The van der Waals surface area contributed by atoms with E-state index in [1.54, 1.807) is 0 Å². The first-order valence-corrected chi connectivity index (χ1v) is 6.34. The molecule has 1 atom stereocenters. The van der Waals surface area contributed by atoms with Crippen molar-refractivity contribution in [2.24, 2.45) is 0 Å². The molecule has 3 N–H and O–H groups in total. The molecule has 1 aromatic rings. The smallest absolute Gasteiger partial charge is 0.338 e. The lowest BCUT2D eigenvalue weighted by atomic mass is 10.1. The van der Waals surface area contributed by atoms with E-state index in [4.69, 9.17) is 20.1 Å². The summed E-state index contributed by atoms with van der Waals surface area (Å²) in [7, 11) is 0. The number of carboxylic acids is 1. The molecule has 20 heavy (non-hydrogen) atoms. The molecular weight excluding hydrogens is 264 g/mol. The van der Waals surface area contributed by atoms with Crippen LogP contribution >= 0.6 is 0 Å². The number of benzene rings is 1. The number of carbonyl (C=O) groups is 2. The van der Waals surface area contributed by atoms with Gasteiger partial charge in [-0.25, -0.2) is 9.59 Å². The lowest BCUT2D eigenvalue weighted by Crippen LogP contribution is -2.20. The van der Waals surface area contributed by atoms with Crippen LogP contribution in [0.25, 0.3) is 0 Å². The molecule has 0 saturated carbocycles. The number of ether oxygens (including phenoxy) is 1. The van der Waals surface area contributed by atoms with E-state index in [1.807, 2.05) is 0 Å². The maximum absolute atomic E-state index is 11.9. The average Bonchev–Trinajstić information content (AvgIpc) is 2.45. The number of aliphatic hydroxyl groups excluding tert-OH is 2. The third-order valence-electron chi connectivity index (χ3n) is 2.78. The number of carbonyl (C=O) groups excluding carboxylic acids is 1. The van der Waals surface area contributed by atoms with Gasteiger partial charge in [-0.3, -0.25) is 0 Å². The minimum atomic E-state index is -1.06. The zero-order valence-corrected chi connectivity index (χ0v) is 11.0. The Morgan fingerprint density at radius 3 is 2.10 bits per heavy atom. The zero-order valence-electron chi connectivity index (χ0n) is 11.0. The third kappa shape index (κ3) is 4.99. The molecule has 0 radical (unpaired) electrons. The molecule has 0 aliphatic carbocycles. The topological polar surface area (TPSA) is 104 Å². The van der Waals surface area contributed by atoms with E-state index in [-0.39, 0.29) is 24.3 Å². The summed E-state index contributed by atoms with van der Waals surface area (Å²) in [4.78, 5) is 22.6. The van der Waals surface area contributed by atoms with Crippen molar-refractivity contribution in [1.82, 2.24) is 0 Å². The summed E-state index contributed by atoms with van der Waals surface area (Å²) < 4.78 is 5.22. The van der Waals surface area contributed by atoms with Gasteiger partial charge in [-0.2, -0.15) is 0 Å². The van der Waals surface area contributed by atoms with Crippen LogP contribution in [0.5, 0.6) is 0 Å². The number of hydrogen-bond donors (Lipinski definition) is 3. The Morgan fingerprint density at radius 2 is 1.60 bits per heavy atom. The summed E-state index contributed by atoms with van der Waals surface area (Å²) in [6, 6.07) is 5.42. The van der Waals surface area contributed by atoms with Crippen molar-refractivity contribution < 1.29 is 29.6 Å². The van der Waals surface area contributed by atoms with Crippen LogP contribution in [0.3, 0.4) is 0 Å². The number of aromatic carboxylic acids is 1. The van der Waals surface area contributed by atoms with Crippen LogP contribution in [0.1, 0.15) is 40.0 Å². The molecule has 0 saturated heterocycles. The summed E-state index contributed by atoms with van der Waals surface area (Å²) in [6.07, 6.45) is 0.795. The molecule has 1 rings (SSSR count).